The Morgan fingerprint density at radius 1 is 1.36 bits per heavy atom. The molecular formula is C18H21N3O2S2. The molecule has 2 heterocycles. The van der Waals surface area contributed by atoms with Crippen molar-refractivity contribution in [3.8, 4) is 10.6 Å². The molecule has 3 rings (SSSR count). The van der Waals surface area contributed by atoms with E-state index in [0.717, 1.165) is 16.3 Å². The van der Waals surface area contributed by atoms with Gasteiger partial charge in [0.15, 0.2) is 0 Å². The van der Waals surface area contributed by atoms with Gasteiger partial charge < -0.3 is 10.2 Å². The number of carbonyl (C=O) groups excluding carboxylic acids is 2. The van der Waals surface area contributed by atoms with Gasteiger partial charge >= 0.3 is 0 Å². The van der Waals surface area contributed by atoms with Gasteiger partial charge in [0.1, 0.15) is 11.0 Å². The van der Waals surface area contributed by atoms with Crippen molar-refractivity contribution in [2.45, 2.75) is 31.2 Å². The molecule has 2 amide bonds. The first-order chi connectivity index (χ1) is 11.9. The summed E-state index contributed by atoms with van der Waals surface area (Å²) in [4.78, 5) is 30.9. The molecule has 1 atom stereocenters. The number of thioether (sulfide) groups is 1. The van der Waals surface area contributed by atoms with E-state index >= 15 is 0 Å². The van der Waals surface area contributed by atoms with Gasteiger partial charge in [-0.15, -0.1) is 23.1 Å². The van der Waals surface area contributed by atoms with Crippen LogP contribution in [0.3, 0.4) is 0 Å². The van der Waals surface area contributed by atoms with Gasteiger partial charge in [-0.25, -0.2) is 4.98 Å². The summed E-state index contributed by atoms with van der Waals surface area (Å²) in [6.07, 6.45) is 0. The highest BCUT2D eigenvalue weighted by atomic mass is 32.2. The lowest BCUT2D eigenvalue weighted by atomic mass is 10.1. The number of nitrogens with zero attached hydrogens (tertiary/aromatic N) is 2. The molecule has 1 aromatic carbocycles. The lowest BCUT2D eigenvalue weighted by molar-refractivity contribution is -0.136. The van der Waals surface area contributed by atoms with Crippen LogP contribution in [-0.4, -0.2) is 45.3 Å². The fourth-order valence-electron chi connectivity index (χ4n) is 2.54. The molecule has 0 radical (unpaired) electrons. The van der Waals surface area contributed by atoms with Gasteiger partial charge in [0, 0.05) is 23.7 Å². The van der Waals surface area contributed by atoms with Crippen molar-refractivity contribution in [1.82, 2.24) is 15.2 Å². The number of benzene rings is 1. The molecule has 1 fully saturated rings. The maximum atomic E-state index is 12.6. The van der Waals surface area contributed by atoms with Crippen molar-refractivity contribution in [3.05, 3.63) is 41.4 Å². The molecular weight excluding hydrogens is 354 g/mol. The fraction of sp³-hybridized carbons (Fsp3) is 0.389. The number of amides is 2. The summed E-state index contributed by atoms with van der Waals surface area (Å²) in [6.45, 7) is 4.18. The summed E-state index contributed by atoms with van der Waals surface area (Å²) in [7, 11) is 1.75. The molecule has 0 aliphatic carbocycles. The van der Waals surface area contributed by atoms with E-state index in [1.807, 2.05) is 49.6 Å². The zero-order chi connectivity index (χ0) is 18.0. The van der Waals surface area contributed by atoms with Crippen LogP contribution >= 0.6 is 23.1 Å². The summed E-state index contributed by atoms with van der Waals surface area (Å²) in [5.74, 6) is 0.426. The number of nitrogens with one attached hydrogen (secondary N) is 1. The zero-order valence-corrected chi connectivity index (χ0v) is 16.1. The van der Waals surface area contributed by atoms with Gasteiger partial charge in [0.25, 0.3) is 0 Å². The normalized spacial score (nSPS) is 19.3. The number of hydrogen-bond acceptors (Lipinski definition) is 5. The van der Waals surface area contributed by atoms with E-state index in [2.05, 4.69) is 10.3 Å². The van der Waals surface area contributed by atoms with Crippen molar-refractivity contribution in [2.24, 2.45) is 0 Å². The molecule has 0 spiro atoms. The van der Waals surface area contributed by atoms with Crippen LogP contribution in [0.1, 0.15) is 19.5 Å². The average Bonchev–Trinajstić information content (AvgIpc) is 3.06. The molecule has 5 nitrogen and oxygen atoms in total. The van der Waals surface area contributed by atoms with Gasteiger partial charge in [0.05, 0.1) is 17.0 Å². The van der Waals surface area contributed by atoms with Crippen LogP contribution in [0.4, 0.5) is 0 Å². The van der Waals surface area contributed by atoms with E-state index in [4.69, 9.17) is 0 Å². The molecule has 2 aromatic rings. The summed E-state index contributed by atoms with van der Waals surface area (Å²) >= 11 is 3.09. The molecule has 1 saturated heterocycles. The first kappa shape index (κ1) is 17.9. The van der Waals surface area contributed by atoms with Crippen LogP contribution in [0.5, 0.6) is 0 Å². The lowest BCUT2D eigenvalue weighted by Crippen LogP contribution is -2.57. The van der Waals surface area contributed by atoms with Gasteiger partial charge in [-0.3, -0.25) is 9.59 Å². The Bertz CT molecular complexity index is 774. The minimum Gasteiger partial charge on any atom is -0.342 e. The first-order valence-electron chi connectivity index (χ1n) is 8.06. The standard InChI is InChI=1S/C18H21N3O2S2/c1-18(2)17(23)20-14(11-25-18)16(22)21(3)9-13-10-24-15(19-13)12-7-5-4-6-8-12/h4-8,10,14H,9,11H2,1-3H3,(H,20,23)/t14-/m0/s1. The third-order valence-corrected chi connectivity index (χ3v) is 6.46. The van der Waals surface area contributed by atoms with Crippen molar-refractivity contribution in [3.63, 3.8) is 0 Å². The van der Waals surface area contributed by atoms with E-state index in [1.54, 1.807) is 23.3 Å². The molecule has 0 saturated carbocycles. The second kappa shape index (κ2) is 7.17. The van der Waals surface area contributed by atoms with Crippen LogP contribution in [0, 0.1) is 0 Å². The Morgan fingerprint density at radius 2 is 2.08 bits per heavy atom. The third kappa shape index (κ3) is 4.04. The first-order valence-corrected chi connectivity index (χ1v) is 9.93. The molecule has 1 aliphatic rings. The minimum absolute atomic E-state index is 0.0781. The van der Waals surface area contributed by atoms with E-state index in [-0.39, 0.29) is 11.8 Å². The highest BCUT2D eigenvalue weighted by Crippen LogP contribution is 2.29. The highest BCUT2D eigenvalue weighted by molar-refractivity contribution is 8.01. The Balaban J connectivity index is 1.63. The van der Waals surface area contributed by atoms with Gasteiger partial charge in [-0.2, -0.15) is 0 Å². The van der Waals surface area contributed by atoms with Crippen LogP contribution < -0.4 is 5.32 Å². The average molecular weight is 376 g/mol. The van der Waals surface area contributed by atoms with Crippen molar-refractivity contribution in [2.75, 3.05) is 12.8 Å². The second-order valence-electron chi connectivity index (χ2n) is 6.55. The minimum atomic E-state index is -0.477. The topological polar surface area (TPSA) is 62.3 Å². The Hall–Kier alpha value is -1.86. The number of likely N-dealkylation sites (N-methyl/N-ethyl adjacent to an activating group) is 1. The number of aromatic nitrogens is 1. The fourth-order valence-corrected chi connectivity index (χ4v) is 4.36. The van der Waals surface area contributed by atoms with Crippen molar-refractivity contribution in [1.29, 1.82) is 0 Å². The molecule has 1 N–H and O–H groups in total. The van der Waals surface area contributed by atoms with Crippen LogP contribution in [-0.2, 0) is 16.1 Å². The van der Waals surface area contributed by atoms with Crippen molar-refractivity contribution < 1.29 is 9.59 Å². The third-order valence-electron chi connectivity index (χ3n) is 4.11. The van der Waals surface area contributed by atoms with E-state index < -0.39 is 10.8 Å². The lowest BCUT2D eigenvalue weighted by Gasteiger charge is -2.34. The number of thiazole rings is 1. The molecule has 0 unspecified atom stereocenters. The van der Waals surface area contributed by atoms with Crippen molar-refractivity contribution >= 4 is 34.9 Å². The van der Waals surface area contributed by atoms with Crippen LogP contribution in [0.2, 0.25) is 0 Å². The number of carbonyl (C=O) groups is 2. The van der Waals surface area contributed by atoms with E-state index in [1.165, 1.54) is 11.8 Å². The summed E-state index contributed by atoms with van der Waals surface area (Å²) in [5.41, 5.74) is 1.93. The Labute approximate surface area is 155 Å². The maximum absolute atomic E-state index is 12.6. The van der Waals surface area contributed by atoms with Gasteiger partial charge in [0.2, 0.25) is 11.8 Å². The summed E-state index contributed by atoms with van der Waals surface area (Å²) < 4.78 is -0.477. The smallest absolute Gasteiger partial charge is 0.246 e. The molecule has 0 bridgehead atoms. The van der Waals surface area contributed by atoms with E-state index in [9.17, 15) is 9.59 Å². The Morgan fingerprint density at radius 3 is 2.76 bits per heavy atom. The predicted molar refractivity (Wildman–Crippen MR) is 102 cm³/mol. The second-order valence-corrected chi connectivity index (χ2v) is 9.05. The summed E-state index contributed by atoms with van der Waals surface area (Å²) in [5, 5.41) is 5.76. The number of hydrogen-bond donors (Lipinski definition) is 1. The zero-order valence-electron chi connectivity index (χ0n) is 14.5. The van der Waals surface area contributed by atoms with Gasteiger partial charge in [-0.05, 0) is 13.8 Å². The molecule has 1 aromatic heterocycles. The SMILES string of the molecule is CN(Cc1csc(-c2ccccc2)n1)C(=O)[C@@H]1CSC(C)(C)C(=O)N1. The molecule has 25 heavy (non-hydrogen) atoms. The quantitative estimate of drug-likeness (QED) is 0.893. The van der Waals surface area contributed by atoms with Crippen LogP contribution in [0.25, 0.3) is 10.6 Å². The molecule has 1 aliphatic heterocycles. The van der Waals surface area contributed by atoms with Crippen LogP contribution in [0.15, 0.2) is 35.7 Å². The largest absolute Gasteiger partial charge is 0.342 e. The molecule has 132 valence electrons. The monoisotopic (exact) mass is 375 g/mol. The highest BCUT2D eigenvalue weighted by Gasteiger charge is 2.38. The van der Waals surface area contributed by atoms with E-state index in [0.29, 0.717) is 12.3 Å². The maximum Gasteiger partial charge on any atom is 0.246 e. The molecule has 7 heteroatoms. The Kier molecular flexibility index (Phi) is 5.15. The predicted octanol–water partition coefficient (Wildman–Crippen LogP) is 2.78. The van der Waals surface area contributed by atoms with Gasteiger partial charge in [-0.1, -0.05) is 30.3 Å². The summed E-state index contributed by atoms with van der Waals surface area (Å²) in [6, 6.07) is 9.51. The number of rotatable bonds is 4.